The van der Waals surface area contributed by atoms with Crippen molar-refractivity contribution in [2.75, 3.05) is 26.2 Å². The average molecular weight is 332 g/mol. The smallest absolute Gasteiger partial charge is 0.317 e. The van der Waals surface area contributed by atoms with Gasteiger partial charge >= 0.3 is 6.03 Å². The van der Waals surface area contributed by atoms with E-state index in [1.165, 1.54) is 31.5 Å². The van der Waals surface area contributed by atoms with Crippen molar-refractivity contribution >= 4 is 6.03 Å². The SMILES string of the molecule is O=C(NCCc1cn2c(n1)CCCC2)N1CCOC2(CCCC2)C1. The highest BCUT2D eigenvalue weighted by molar-refractivity contribution is 5.74. The number of hydrogen-bond acceptors (Lipinski definition) is 3. The first-order valence-electron chi connectivity index (χ1n) is 9.46. The standard InChI is InChI=1S/C18H28N4O2/c23-17(22-11-12-24-18(14-22)7-2-3-8-18)19-9-6-15-13-21-10-4-1-5-16(21)20-15/h13H,1-12,14H2,(H,19,23). The highest BCUT2D eigenvalue weighted by Crippen LogP contribution is 2.35. The number of aromatic nitrogens is 2. The summed E-state index contributed by atoms with van der Waals surface area (Å²) in [6, 6.07) is 0.0496. The Balaban J connectivity index is 1.26. The summed E-state index contributed by atoms with van der Waals surface area (Å²) in [5.41, 5.74) is 1.04. The van der Waals surface area contributed by atoms with Gasteiger partial charge in [-0.05, 0) is 25.7 Å². The minimum absolute atomic E-state index is 0.0496. The molecule has 2 amide bonds. The maximum atomic E-state index is 12.5. The van der Waals surface area contributed by atoms with Crippen LogP contribution in [-0.4, -0.2) is 52.3 Å². The van der Waals surface area contributed by atoms with E-state index in [-0.39, 0.29) is 11.6 Å². The van der Waals surface area contributed by atoms with Crippen LogP contribution in [0.5, 0.6) is 0 Å². The van der Waals surface area contributed by atoms with Gasteiger partial charge in [0, 0.05) is 38.7 Å². The quantitative estimate of drug-likeness (QED) is 0.922. The topological polar surface area (TPSA) is 59.4 Å². The Morgan fingerprint density at radius 2 is 2.12 bits per heavy atom. The van der Waals surface area contributed by atoms with Crippen molar-refractivity contribution in [3.63, 3.8) is 0 Å². The van der Waals surface area contributed by atoms with Crippen molar-refractivity contribution in [3.8, 4) is 0 Å². The van der Waals surface area contributed by atoms with Crippen LogP contribution in [0.4, 0.5) is 4.79 Å². The second-order valence-corrected chi connectivity index (χ2v) is 7.44. The van der Waals surface area contributed by atoms with Gasteiger partial charge in [0.05, 0.1) is 24.4 Å². The zero-order valence-corrected chi connectivity index (χ0v) is 14.4. The van der Waals surface area contributed by atoms with Gasteiger partial charge in [-0.2, -0.15) is 0 Å². The Hall–Kier alpha value is -1.56. The molecule has 1 N–H and O–H groups in total. The fourth-order valence-electron chi connectivity index (χ4n) is 4.34. The fraction of sp³-hybridized carbons (Fsp3) is 0.778. The zero-order chi connectivity index (χ0) is 16.4. The van der Waals surface area contributed by atoms with E-state index in [4.69, 9.17) is 9.72 Å². The Kier molecular flexibility index (Phi) is 4.48. The highest BCUT2D eigenvalue weighted by Gasteiger charge is 2.40. The molecule has 132 valence electrons. The molecule has 2 fully saturated rings. The molecule has 1 aromatic rings. The number of carbonyl (C=O) groups excluding carboxylic acids is 1. The molecule has 1 saturated carbocycles. The Bertz CT molecular complexity index is 568. The number of aryl methyl sites for hydroxylation is 2. The summed E-state index contributed by atoms with van der Waals surface area (Å²) in [6.07, 6.45) is 11.2. The van der Waals surface area contributed by atoms with Gasteiger partial charge in [-0.15, -0.1) is 0 Å². The molecule has 1 spiro atoms. The molecule has 4 rings (SSSR count). The molecule has 0 aromatic carbocycles. The van der Waals surface area contributed by atoms with Crippen molar-refractivity contribution in [2.24, 2.45) is 0 Å². The predicted molar refractivity (Wildman–Crippen MR) is 91.0 cm³/mol. The molecule has 0 atom stereocenters. The lowest BCUT2D eigenvalue weighted by molar-refractivity contribution is -0.0925. The zero-order valence-electron chi connectivity index (χ0n) is 14.4. The minimum Gasteiger partial charge on any atom is -0.371 e. The van der Waals surface area contributed by atoms with E-state index in [0.717, 1.165) is 44.5 Å². The number of hydrogen-bond donors (Lipinski definition) is 1. The number of imidazole rings is 1. The van der Waals surface area contributed by atoms with E-state index >= 15 is 0 Å². The number of nitrogens with zero attached hydrogens (tertiary/aromatic N) is 3. The first kappa shape index (κ1) is 15.9. The van der Waals surface area contributed by atoms with E-state index in [9.17, 15) is 4.79 Å². The summed E-state index contributed by atoms with van der Waals surface area (Å²) in [7, 11) is 0. The van der Waals surface area contributed by atoms with Gasteiger partial charge in [0.2, 0.25) is 0 Å². The lowest BCUT2D eigenvalue weighted by Gasteiger charge is -2.40. The molecule has 6 nitrogen and oxygen atoms in total. The van der Waals surface area contributed by atoms with Crippen LogP contribution in [0.2, 0.25) is 0 Å². The molecule has 24 heavy (non-hydrogen) atoms. The second-order valence-electron chi connectivity index (χ2n) is 7.44. The summed E-state index contributed by atoms with van der Waals surface area (Å²) < 4.78 is 8.26. The van der Waals surface area contributed by atoms with Crippen LogP contribution in [-0.2, 0) is 24.1 Å². The van der Waals surface area contributed by atoms with Gasteiger partial charge in [0.1, 0.15) is 5.82 Å². The van der Waals surface area contributed by atoms with Crippen LogP contribution in [0.25, 0.3) is 0 Å². The van der Waals surface area contributed by atoms with Crippen molar-refractivity contribution in [2.45, 2.75) is 63.5 Å². The number of urea groups is 1. The lowest BCUT2D eigenvalue weighted by Crippen LogP contribution is -2.55. The number of amides is 2. The van der Waals surface area contributed by atoms with Crippen LogP contribution in [0, 0.1) is 0 Å². The van der Waals surface area contributed by atoms with Crippen LogP contribution < -0.4 is 5.32 Å². The third-order valence-electron chi connectivity index (χ3n) is 5.67. The molecular weight excluding hydrogens is 304 g/mol. The monoisotopic (exact) mass is 332 g/mol. The van der Waals surface area contributed by atoms with E-state index in [1.54, 1.807) is 0 Å². The molecule has 1 aliphatic carbocycles. The van der Waals surface area contributed by atoms with Crippen LogP contribution in [0.1, 0.15) is 50.0 Å². The summed E-state index contributed by atoms with van der Waals surface area (Å²) in [6.45, 7) is 3.86. The van der Waals surface area contributed by atoms with Gasteiger partial charge in [-0.1, -0.05) is 12.8 Å². The molecule has 0 bridgehead atoms. The van der Waals surface area contributed by atoms with Crippen molar-refractivity contribution < 1.29 is 9.53 Å². The molecule has 3 heterocycles. The minimum atomic E-state index is -0.0570. The number of morpholine rings is 1. The molecule has 0 radical (unpaired) electrons. The Morgan fingerprint density at radius 1 is 1.25 bits per heavy atom. The third-order valence-corrected chi connectivity index (χ3v) is 5.67. The molecule has 3 aliphatic rings. The molecule has 1 aromatic heterocycles. The summed E-state index contributed by atoms with van der Waals surface area (Å²) in [4.78, 5) is 19.1. The number of nitrogens with one attached hydrogen (secondary N) is 1. The van der Waals surface area contributed by atoms with Crippen molar-refractivity contribution in [1.82, 2.24) is 19.8 Å². The Morgan fingerprint density at radius 3 is 2.96 bits per heavy atom. The summed E-state index contributed by atoms with van der Waals surface area (Å²) in [5, 5.41) is 3.07. The number of ether oxygens (including phenoxy) is 1. The van der Waals surface area contributed by atoms with Gasteiger partial charge in [0.25, 0.3) is 0 Å². The van der Waals surface area contributed by atoms with Crippen LogP contribution in [0.3, 0.4) is 0 Å². The fourth-order valence-corrected chi connectivity index (χ4v) is 4.34. The Labute approximate surface area is 143 Å². The highest BCUT2D eigenvalue weighted by atomic mass is 16.5. The van der Waals surface area contributed by atoms with Crippen LogP contribution in [0.15, 0.2) is 6.20 Å². The molecule has 6 heteroatoms. The van der Waals surface area contributed by atoms with Gasteiger partial charge in [0.15, 0.2) is 0 Å². The average Bonchev–Trinajstić information content (AvgIpc) is 3.21. The lowest BCUT2D eigenvalue weighted by atomic mass is 10.00. The third kappa shape index (κ3) is 3.29. The molecule has 1 saturated heterocycles. The predicted octanol–water partition coefficient (Wildman–Crippen LogP) is 2.12. The van der Waals surface area contributed by atoms with Gasteiger partial charge in [-0.25, -0.2) is 9.78 Å². The summed E-state index contributed by atoms with van der Waals surface area (Å²) in [5.74, 6) is 1.21. The molecular formula is C18H28N4O2. The number of rotatable bonds is 3. The van der Waals surface area contributed by atoms with E-state index in [0.29, 0.717) is 19.7 Å². The maximum Gasteiger partial charge on any atom is 0.317 e. The maximum absolute atomic E-state index is 12.5. The van der Waals surface area contributed by atoms with Crippen molar-refractivity contribution in [1.29, 1.82) is 0 Å². The van der Waals surface area contributed by atoms with E-state index < -0.39 is 0 Å². The normalized spacial score (nSPS) is 22.6. The number of carbonyl (C=O) groups is 1. The molecule has 2 aliphatic heterocycles. The van der Waals surface area contributed by atoms with Crippen molar-refractivity contribution in [3.05, 3.63) is 17.7 Å². The number of fused-ring (bicyclic) bond motifs is 1. The summed E-state index contributed by atoms with van der Waals surface area (Å²) >= 11 is 0. The van der Waals surface area contributed by atoms with Gasteiger partial charge in [-0.3, -0.25) is 0 Å². The van der Waals surface area contributed by atoms with E-state index in [1.807, 2.05) is 4.90 Å². The van der Waals surface area contributed by atoms with Crippen LogP contribution >= 0.6 is 0 Å². The molecule has 0 unspecified atom stereocenters. The van der Waals surface area contributed by atoms with E-state index in [2.05, 4.69) is 16.1 Å². The van der Waals surface area contributed by atoms with Gasteiger partial charge < -0.3 is 19.5 Å². The largest absolute Gasteiger partial charge is 0.371 e. The first-order valence-corrected chi connectivity index (χ1v) is 9.46. The second kappa shape index (κ2) is 6.75. The first-order chi connectivity index (χ1) is 11.7.